The van der Waals surface area contributed by atoms with Crippen LogP contribution in [0.15, 0.2) is 35.3 Å². The van der Waals surface area contributed by atoms with Gasteiger partial charge in [0.15, 0.2) is 5.17 Å². The lowest BCUT2D eigenvalue weighted by molar-refractivity contribution is -0.0710. The van der Waals surface area contributed by atoms with E-state index in [1.807, 2.05) is 30.3 Å². The van der Waals surface area contributed by atoms with Crippen LogP contribution >= 0.6 is 11.8 Å². The second-order valence-electron chi connectivity index (χ2n) is 8.79. The van der Waals surface area contributed by atoms with Gasteiger partial charge >= 0.3 is 0 Å². The number of rotatable bonds is 8. The number of amides is 1. The first kappa shape index (κ1) is 22.4. The van der Waals surface area contributed by atoms with Crippen molar-refractivity contribution in [1.82, 2.24) is 5.32 Å². The molecule has 0 aliphatic carbocycles. The van der Waals surface area contributed by atoms with Gasteiger partial charge in [-0.15, -0.1) is 0 Å². The predicted molar refractivity (Wildman–Crippen MR) is 123 cm³/mol. The lowest BCUT2D eigenvalue weighted by Gasteiger charge is -2.55. The summed E-state index contributed by atoms with van der Waals surface area (Å²) in [5, 5.41) is 3.86. The molecule has 4 nitrogen and oxygen atoms in total. The van der Waals surface area contributed by atoms with Crippen LogP contribution in [0.5, 0.6) is 0 Å². The SMILES string of the molecule is CCCCC(CCCC)[C@]12COCC[C@@]1(C)CSC(NC(=O)c1ccccc1)=N2. The number of aliphatic imine (C=N–C) groups is 1. The summed E-state index contributed by atoms with van der Waals surface area (Å²) in [6.07, 6.45) is 8.26. The highest BCUT2D eigenvalue weighted by Gasteiger charge is 2.56. The molecule has 1 aromatic rings. The average Bonchev–Trinajstić information content (AvgIpc) is 2.74. The Bertz CT molecular complexity index is 700. The van der Waals surface area contributed by atoms with E-state index in [1.54, 1.807) is 11.8 Å². The van der Waals surface area contributed by atoms with Crippen molar-refractivity contribution < 1.29 is 9.53 Å². The number of fused-ring (bicyclic) bond motifs is 1. The third-order valence-electron chi connectivity index (χ3n) is 6.74. The van der Waals surface area contributed by atoms with Crippen molar-refractivity contribution in [2.24, 2.45) is 16.3 Å². The van der Waals surface area contributed by atoms with Crippen LogP contribution in [-0.2, 0) is 4.74 Å². The molecule has 3 rings (SSSR count). The number of hydrogen-bond acceptors (Lipinski definition) is 4. The number of carbonyl (C=O) groups is 1. The molecule has 2 atom stereocenters. The molecule has 0 spiro atoms. The normalized spacial score (nSPS) is 26.7. The molecule has 1 fully saturated rings. The van der Waals surface area contributed by atoms with Crippen molar-refractivity contribution in [3.63, 3.8) is 0 Å². The van der Waals surface area contributed by atoms with Crippen molar-refractivity contribution in [2.45, 2.75) is 71.3 Å². The van der Waals surface area contributed by atoms with Crippen LogP contribution in [0, 0.1) is 11.3 Å². The van der Waals surface area contributed by atoms with E-state index in [0.29, 0.717) is 18.1 Å². The molecule has 5 heteroatoms. The molecule has 2 heterocycles. The number of benzene rings is 1. The molecule has 0 unspecified atom stereocenters. The molecule has 0 saturated carbocycles. The summed E-state index contributed by atoms with van der Waals surface area (Å²) in [4.78, 5) is 18.0. The molecule has 0 radical (unpaired) electrons. The summed E-state index contributed by atoms with van der Waals surface area (Å²) in [5.41, 5.74) is 0.551. The topological polar surface area (TPSA) is 50.7 Å². The van der Waals surface area contributed by atoms with Crippen molar-refractivity contribution in [1.29, 1.82) is 0 Å². The van der Waals surface area contributed by atoms with Crippen LogP contribution in [0.3, 0.4) is 0 Å². The van der Waals surface area contributed by atoms with Gasteiger partial charge in [-0.25, -0.2) is 0 Å². The van der Waals surface area contributed by atoms with Crippen molar-refractivity contribution in [3.8, 4) is 0 Å². The Labute approximate surface area is 180 Å². The van der Waals surface area contributed by atoms with Crippen LogP contribution in [0.25, 0.3) is 0 Å². The van der Waals surface area contributed by atoms with Gasteiger partial charge in [0.1, 0.15) is 0 Å². The van der Waals surface area contributed by atoms with Crippen LogP contribution < -0.4 is 5.32 Å². The summed E-state index contributed by atoms with van der Waals surface area (Å²) in [7, 11) is 0. The van der Waals surface area contributed by atoms with E-state index in [4.69, 9.17) is 9.73 Å². The molecule has 1 N–H and O–H groups in total. The maximum atomic E-state index is 12.7. The van der Waals surface area contributed by atoms with Gasteiger partial charge in [0.05, 0.1) is 12.1 Å². The lowest BCUT2D eigenvalue weighted by Crippen LogP contribution is -2.61. The first-order valence-corrected chi connectivity index (χ1v) is 12.2. The number of amidine groups is 1. The standard InChI is InChI=1S/C24H36N2O2S/c1-4-6-13-20(14-7-5-2)24-17-28-16-15-23(24,3)18-29-22(26-24)25-21(27)19-11-9-8-10-12-19/h8-12,20H,4-7,13-18H2,1-3H3,(H,25,26,27)/t23-,24+/m0/s1. The molecule has 0 bridgehead atoms. The van der Waals surface area contributed by atoms with Crippen LogP contribution in [-0.4, -0.2) is 35.6 Å². The van der Waals surface area contributed by atoms with Gasteiger partial charge in [0.25, 0.3) is 5.91 Å². The highest BCUT2D eigenvalue weighted by Crippen LogP contribution is 2.53. The van der Waals surface area contributed by atoms with Gasteiger partial charge in [-0.3, -0.25) is 9.79 Å². The molecule has 29 heavy (non-hydrogen) atoms. The van der Waals surface area contributed by atoms with E-state index in [2.05, 4.69) is 26.1 Å². The summed E-state index contributed by atoms with van der Waals surface area (Å²) in [6, 6.07) is 9.40. The van der Waals surface area contributed by atoms with Crippen molar-refractivity contribution in [2.75, 3.05) is 19.0 Å². The van der Waals surface area contributed by atoms with Gasteiger partial charge in [-0.05, 0) is 37.3 Å². The summed E-state index contributed by atoms with van der Waals surface area (Å²) >= 11 is 1.70. The number of carbonyl (C=O) groups excluding carboxylic acids is 1. The second-order valence-corrected chi connectivity index (χ2v) is 9.76. The van der Waals surface area contributed by atoms with Gasteiger partial charge in [0.2, 0.25) is 0 Å². The van der Waals surface area contributed by atoms with E-state index in [9.17, 15) is 4.79 Å². The zero-order chi connectivity index (χ0) is 20.7. The van der Waals surface area contributed by atoms with E-state index >= 15 is 0 Å². The number of thioether (sulfide) groups is 1. The third-order valence-corrected chi connectivity index (χ3v) is 7.99. The van der Waals surface area contributed by atoms with Gasteiger partial charge in [-0.1, -0.05) is 76.4 Å². The molecule has 1 amide bonds. The number of hydrogen-bond donors (Lipinski definition) is 1. The largest absolute Gasteiger partial charge is 0.379 e. The van der Waals surface area contributed by atoms with E-state index in [1.165, 1.54) is 38.5 Å². The minimum atomic E-state index is -0.236. The van der Waals surface area contributed by atoms with Crippen LogP contribution in [0.1, 0.15) is 76.1 Å². The third kappa shape index (κ3) is 4.88. The summed E-state index contributed by atoms with van der Waals surface area (Å²) in [5.74, 6) is 1.40. The van der Waals surface area contributed by atoms with E-state index in [0.717, 1.165) is 23.9 Å². The highest BCUT2D eigenvalue weighted by molar-refractivity contribution is 8.14. The van der Waals surface area contributed by atoms with Gasteiger partial charge < -0.3 is 10.1 Å². The quantitative estimate of drug-likeness (QED) is 0.593. The van der Waals surface area contributed by atoms with E-state index in [-0.39, 0.29) is 16.9 Å². The number of nitrogens with one attached hydrogen (secondary N) is 1. The number of ether oxygens (including phenoxy) is 1. The minimum absolute atomic E-state index is 0.0778. The molecular weight excluding hydrogens is 380 g/mol. The Kier molecular flexibility index (Phi) is 7.80. The molecule has 1 aromatic carbocycles. The zero-order valence-electron chi connectivity index (χ0n) is 18.2. The predicted octanol–water partition coefficient (Wildman–Crippen LogP) is 5.68. The molecular formula is C24H36N2O2S. The zero-order valence-corrected chi connectivity index (χ0v) is 19.0. The molecule has 160 valence electrons. The lowest BCUT2D eigenvalue weighted by atomic mass is 9.60. The van der Waals surface area contributed by atoms with Crippen LogP contribution in [0.2, 0.25) is 0 Å². The molecule has 1 saturated heterocycles. The minimum Gasteiger partial charge on any atom is -0.379 e. The molecule has 2 aliphatic heterocycles. The first-order valence-electron chi connectivity index (χ1n) is 11.2. The average molecular weight is 417 g/mol. The monoisotopic (exact) mass is 416 g/mol. The second kappa shape index (κ2) is 10.1. The summed E-state index contributed by atoms with van der Waals surface area (Å²) < 4.78 is 6.06. The Morgan fingerprint density at radius 1 is 1.21 bits per heavy atom. The van der Waals surface area contributed by atoms with E-state index < -0.39 is 0 Å². The fourth-order valence-electron chi connectivity index (χ4n) is 4.77. The fraction of sp³-hybridized carbons (Fsp3) is 0.667. The highest BCUT2D eigenvalue weighted by atomic mass is 32.2. The smallest absolute Gasteiger partial charge is 0.257 e. The van der Waals surface area contributed by atoms with Crippen molar-refractivity contribution >= 4 is 22.8 Å². The van der Waals surface area contributed by atoms with Gasteiger partial charge in [-0.2, -0.15) is 0 Å². The first-order chi connectivity index (χ1) is 14.0. The van der Waals surface area contributed by atoms with Gasteiger partial charge in [0, 0.05) is 23.3 Å². The Hall–Kier alpha value is -1.33. The number of nitrogens with zero attached hydrogens (tertiary/aromatic N) is 1. The van der Waals surface area contributed by atoms with Crippen molar-refractivity contribution in [3.05, 3.63) is 35.9 Å². The maximum absolute atomic E-state index is 12.7. The number of unbranched alkanes of at least 4 members (excludes halogenated alkanes) is 2. The molecule has 2 aliphatic rings. The van der Waals surface area contributed by atoms with Crippen LogP contribution in [0.4, 0.5) is 0 Å². The summed E-state index contributed by atoms with van der Waals surface area (Å²) in [6.45, 7) is 8.40. The fourth-order valence-corrected chi connectivity index (χ4v) is 6.01. The maximum Gasteiger partial charge on any atom is 0.257 e. The Morgan fingerprint density at radius 3 is 2.55 bits per heavy atom. The Balaban J connectivity index is 1.91. The Morgan fingerprint density at radius 2 is 1.90 bits per heavy atom. The molecule has 0 aromatic heterocycles.